The van der Waals surface area contributed by atoms with Crippen LogP contribution in [-0.4, -0.2) is 17.2 Å². The number of hydrogen-bond acceptors (Lipinski definition) is 2. The average Bonchev–Trinajstić information content (AvgIpc) is 2.42. The summed E-state index contributed by atoms with van der Waals surface area (Å²) in [6, 6.07) is 8.65. The van der Waals surface area contributed by atoms with Crippen LogP contribution in [0.2, 0.25) is 0 Å². The fourth-order valence-corrected chi connectivity index (χ4v) is 3.47. The molecule has 1 aliphatic carbocycles. The van der Waals surface area contributed by atoms with E-state index in [1.165, 1.54) is 29.7 Å². The first kappa shape index (κ1) is 14.4. The number of thioether (sulfide) groups is 1. The minimum atomic E-state index is -0.0250. The first-order valence-electron chi connectivity index (χ1n) is 7.19. The number of amides is 1. The molecular formula is C16H23NOS. The molecule has 0 aliphatic heterocycles. The van der Waals surface area contributed by atoms with E-state index in [2.05, 4.69) is 24.4 Å². The van der Waals surface area contributed by atoms with Crippen LogP contribution in [-0.2, 0) is 4.79 Å². The van der Waals surface area contributed by atoms with Gasteiger partial charge in [0.05, 0.1) is 5.25 Å². The van der Waals surface area contributed by atoms with E-state index in [1.807, 2.05) is 19.1 Å². The molecule has 1 N–H and O–H groups in total. The maximum atomic E-state index is 12.2. The normalized spacial score (nSPS) is 18.0. The molecule has 1 fully saturated rings. The molecule has 1 saturated carbocycles. The third-order valence-corrected chi connectivity index (χ3v) is 5.00. The summed E-state index contributed by atoms with van der Waals surface area (Å²) >= 11 is 1.65. The number of rotatable bonds is 4. The van der Waals surface area contributed by atoms with Crippen molar-refractivity contribution in [3.63, 3.8) is 0 Å². The number of nitrogens with one attached hydrogen (secondary N) is 1. The Morgan fingerprint density at radius 3 is 2.63 bits per heavy atom. The van der Waals surface area contributed by atoms with Gasteiger partial charge in [-0.15, -0.1) is 11.8 Å². The van der Waals surface area contributed by atoms with Gasteiger partial charge in [0.15, 0.2) is 0 Å². The van der Waals surface area contributed by atoms with Crippen LogP contribution in [0.25, 0.3) is 0 Å². The van der Waals surface area contributed by atoms with Crippen molar-refractivity contribution in [2.24, 2.45) is 0 Å². The fraction of sp³-hybridized carbons (Fsp3) is 0.562. The van der Waals surface area contributed by atoms with Crippen molar-refractivity contribution < 1.29 is 4.79 Å². The summed E-state index contributed by atoms with van der Waals surface area (Å²) in [6.07, 6.45) is 6.12. The molecule has 0 bridgehead atoms. The van der Waals surface area contributed by atoms with E-state index >= 15 is 0 Å². The second kappa shape index (κ2) is 6.99. The van der Waals surface area contributed by atoms with Gasteiger partial charge in [-0.3, -0.25) is 4.79 Å². The molecule has 1 aromatic carbocycles. The maximum Gasteiger partial charge on any atom is 0.233 e. The van der Waals surface area contributed by atoms with Crippen molar-refractivity contribution >= 4 is 17.7 Å². The van der Waals surface area contributed by atoms with Gasteiger partial charge in [-0.2, -0.15) is 0 Å². The Balaban J connectivity index is 1.87. The zero-order chi connectivity index (χ0) is 13.7. The largest absolute Gasteiger partial charge is 0.352 e. The zero-order valence-corrected chi connectivity index (χ0v) is 12.6. The minimum Gasteiger partial charge on any atom is -0.352 e. The van der Waals surface area contributed by atoms with Crippen molar-refractivity contribution in [1.82, 2.24) is 5.32 Å². The highest BCUT2D eigenvalue weighted by atomic mass is 32.2. The molecule has 0 spiro atoms. The molecule has 104 valence electrons. The Hall–Kier alpha value is -0.960. The van der Waals surface area contributed by atoms with Gasteiger partial charge in [-0.1, -0.05) is 37.5 Å². The highest BCUT2D eigenvalue weighted by Gasteiger charge is 2.20. The second-order valence-electron chi connectivity index (χ2n) is 5.37. The molecule has 3 heteroatoms. The number of benzene rings is 1. The third-order valence-electron chi connectivity index (χ3n) is 3.72. The number of carbonyl (C=O) groups excluding carboxylic acids is 1. The van der Waals surface area contributed by atoms with E-state index in [-0.39, 0.29) is 11.2 Å². The molecule has 2 rings (SSSR count). The Morgan fingerprint density at radius 1 is 1.26 bits per heavy atom. The lowest BCUT2D eigenvalue weighted by Crippen LogP contribution is -2.40. The standard InChI is InChI=1S/C16H23NOS/c1-12-8-6-7-11-15(12)19-13(2)16(18)17-14-9-4-3-5-10-14/h6-8,11,13-14H,3-5,9-10H2,1-2H3,(H,17,18). The summed E-state index contributed by atoms with van der Waals surface area (Å²) in [6.45, 7) is 4.09. The van der Waals surface area contributed by atoms with Crippen LogP contribution in [0.1, 0.15) is 44.6 Å². The molecule has 1 aliphatic rings. The summed E-state index contributed by atoms with van der Waals surface area (Å²) in [7, 11) is 0. The van der Waals surface area contributed by atoms with Crippen molar-refractivity contribution in [2.45, 2.75) is 62.1 Å². The maximum absolute atomic E-state index is 12.2. The smallest absolute Gasteiger partial charge is 0.233 e. The van der Waals surface area contributed by atoms with E-state index in [0.29, 0.717) is 6.04 Å². The minimum absolute atomic E-state index is 0.0250. The lowest BCUT2D eigenvalue weighted by atomic mass is 9.95. The monoisotopic (exact) mass is 277 g/mol. The molecule has 19 heavy (non-hydrogen) atoms. The van der Waals surface area contributed by atoms with Crippen LogP contribution >= 0.6 is 11.8 Å². The van der Waals surface area contributed by atoms with Crippen molar-refractivity contribution in [1.29, 1.82) is 0 Å². The molecule has 0 radical (unpaired) electrons. The third kappa shape index (κ3) is 4.27. The molecule has 1 amide bonds. The lowest BCUT2D eigenvalue weighted by molar-refractivity contribution is -0.121. The van der Waals surface area contributed by atoms with E-state index in [0.717, 1.165) is 12.8 Å². The van der Waals surface area contributed by atoms with Gasteiger partial charge in [0.1, 0.15) is 0 Å². The zero-order valence-electron chi connectivity index (χ0n) is 11.8. The van der Waals surface area contributed by atoms with Crippen LogP contribution in [0.4, 0.5) is 0 Å². The predicted octanol–water partition coefficient (Wildman–Crippen LogP) is 3.92. The van der Waals surface area contributed by atoms with Gasteiger partial charge in [-0.05, 0) is 38.3 Å². The van der Waals surface area contributed by atoms with E-state index in [1.54, 1.807) is 11.8 Å². The molecule has 1 aromatic rings. The average molecular weight is 277 g/mol. The summed E-state index contributed by atoms with van der Waals surface area (Å²) < 4.78 is 0. The van der Waals surface area contributed by atoms with Gasteiger partial charge in [0.2, 0.25) is 5.91 Å². The SMILES string of the molecule is Cc1ccccc1SC(C)C(=O)NC1CCCCC1. The molecule has 0 heterocycles. The fourth-order valence-electron chi connectivity index (χ4n) is 2.50. The second-order valence-corrected chi connectivity index (χ2v) is 6.75. The van der Waals surface area contributed by atoms with E-state index in [4.69, 9.17) is 0 Å². The van der Waals surface area contributed by atoms with E-state index in [9.17, 15) is 4.79 Å². The molecule has 0 saturated heterocycles. The van der Waals surface area contributed by atoms with Crippen LogP contribution in [0, 0.1) is 6.92 Å². The Bertz CT molecular complexity index is 427. The van der Waals surface area contributed by atoms with E-state index < -0.39 is 0 Å². The van der Waals surface area contributed by atoms with Gasteiger partial charge >= 0.3 is 0 Å². The van der Waals surface area contributed by atoms with Gasteiger partial charge in [0, 0.05) is 10.9 Å². The van der Waals surface area contributed by atoms with Crippen LogP contribution < -0.4 is 5.32 Å². The Labute approximate surface area is 120 Å². The van der Waals surface area contributed by atoms with Crippen LogP contribution in [0.3, 0.4) is 0 Å². The van der Waals surface area contributed by atoms with Crippen LogP contribution in [0.15, 0.2) is 29.2 Å². The summed E-state index contributed by atoms with van der Waals surface area (Å²) in [5.41, 5.74) is 1.24. The number of hydrogen-bond donors (Lipinski definition) is 1. The topological polar surface area (TPSA) is 29.1 Å². The number of carbonyl (C=O) groups is 1. The summed E-state index contributed by atoms with van der Waals surface area (Å²) in [4.78, 5) is 13.4. The molecular weight excluding hydrogens is 254 g/mol. The summed E-state index contributed by atoms with van der Waals surface area (Å²) in [5, 5.41) is 3.17. The quantitative estimate of drug-likeness (QED) is 0.845. The predicted molar refractivity (Wildman–Crippen MR) is 81.5 cm³/mol. The highest BCUT2D eigenvalue weighted by Crippen LogP contribution is 2.27. The van der Waals surface area contributed by atoms with Gasteiger partial charge < -0.3 is 5.32 Å². The molecule has 1 atom stereocenters. The van der Waals surface area contributed by atoms with Crippen LogP contribution in [0.5, 0.6) is 0 Å². The van der Waals surface area contributed by atoms with Crippen molar-refractivity contribution in [3.8, 4) is 0 Å². The first-order chi connectivity index (χ1) is 9.16. The lowest BCUT2D eigenvalue weighted by Gasteiger charge is -2.24. The van der Waals surface area contributed by atoms with Crippen molar-refractivity contribution in [2.75, 3.05) is 0 Å². The number of aryl methyl sites for hydroxylation is 1. The molecule has 2 nitrogen and oxygen atoms in total. The van der Waals surface area contributed by atoms with Crippen molar-refractivity contribution in [3.05, 3.63) is 29.8 Å². The molecule has 0 aromatic heterocycles. The van der Waals surface area contributed by atoms with Gasteiger partial charge in [-0.25, -0.2) is 0 Å². The Kier molecular flexibility index (Phi) is 5.32. The first-order valence-corrected chi connectivity index (χ1v) is 8.07. The van der Waals surface area contributed by atoms with Gasteiger partial charge in [0.25, 0.3) is 0 Å². The summed E-state index contributed by atoms with van der Waals surface area (Å²) in [5.74, 6) is 0.181. The Morgan fingerprint density at radius 2 is 1.95 bits per heavy atom. The molecule has 1 unspecified atom stereocenters. The highest BCUT2D eigenvalue weighted by molar-refractivity contribution is 8.00.